The van der Waals surface area contributed by atoms with E-state index in [-0.39, 0.29) is 5.91 Å². The van der Waals surface area contributed by atoms with E-state index in [0.29, 0.717) is 28.7 Å². The molecule has 0 unspecified atom stereocenters. The second-order valence-electron chi connectivity index (χ2n) is 5.93. The minimum Gasteiger partial charge on any atom is -0.337 e. The summed E-state index contributed by atoms with van der Waals surface area (Å²) >= 11 is 12.2. The number of halogens is 2. The third-order valence-corrected chi connectivity index (χ3v) is 4.86. The van der Waals surface area contributed by atoms with Gasteiger partial charge in [0.25, 0.3) is 0 Å². The highest BCUT2D eigenvalue weighted by Crippen LogP contribution is 2.25. The van der Waals surface area contributed by atoms with Gasteiger partial charge in [-0.15, -0.1) is 0 Å². The van der Waals surface area contributed by atoms with Crippen molar-refractivity contribution in [2.45, 2.75) is 6.54 Å². The number of carbonyl (C=O) groups is 1. The Labute approximate surface area is 157 Å². The van der Waals surface area contributed by atoms with Crippen molar-refractivity contribution in [3.8, 4) is 0 Å². The molecule has 4 nitrogen and oxygen atoms in total. The molecule has 0 N–H and O–H groups in total. The molecule has 2 aromatic rings. The first-order valence-electron chi connectivity index (χ1n) is 8.16. The zero-order valence-electron chi connectivity index (χ0n) is 13.7. The van der Waals surface area contributed by atoms with E-state index in [0.717, 1.165) is 19.6 Å². The van der Waals surface area contributed by atoms with Gasteiger partial charge in [-0.2, -0.15) is 0 Å². The molecule has 3 rings (SSSR count). The summed E-state index contributed by atoms with van der Waals surface area (Å²) in [5.74, 6) is -0.0167. The van der Waals surface area contributed by atoms with Crippen molar-refractivity contribution in [3.63, 3.8) is 0 Å². The fraction of sp³-hybridized carbons (Fsp3) is 0.263. The van der Waals surface area contributed by atoms with E-state index in [2.05, 4.69) is 16.0 Å². The molecule has 1 aliphatic heterocycles. The number of piperazine rings is 1. The van der Waals surface area contributed by atoms with Crippen molar-refractivity contribution in [2.24, 2.45) is 0 Å². The van der Waals surface area contributed by atoms with Gasteiger partial charge in [-0.1, -0.05) is 35.3 Å². The Hall–Kier alpha value is -1.88. The third kappa shape index (κ3) is 4.82. The van der Waals surface area contributed by atoms with Crippen molar-refractivity contribution in [1.82, 2.24) is 14.8 Å². The van der Waals surface area contributed by atoms with Gasteiger partial charge in [-0.25, -0.2) is 0 Å². The van der Waals surface area contributed by atoms with Gasteiger partial charge in [0.15, 0.2) is 0 Å². The maximum Gasteiger partial charge on any atom is 0.246 e. The van der Waals surface area contributed by atoms with Crippen LogP contribution in [0.4, 0.5) is 0 Å². The molecule has 0 radical (unpaired) electrons. The predicted octanol–water partition coefficient (Wildman–Crippen LogP) is 3.75. The van der Waals surface area contributed by atoms with Crippen LogP contribution in [0.1, 0.15) is 11.1 Å². The van der Waals surface area contributed by atoms with Gasteiger partial charge in [-0.3, -0.25) is 14.7 Å². The number of rotatable bonds is 4. The maximum atomic E-state index is 12.4. The number of aromatic nitrogens is 1. The number of benzene rings is 1. The van der Waals surface area contributed by atoms with Crippen molar-refractivity contribution in [1.29, 1.82) is 0 Å². The van der Waals surface area contributed by atoms with Crippen LogP contribution in [0, 0.1) is 0 Å². The second kappa shape index (κ2) is 8.48. The first-order chi connectivity index (χ1) is 12.1. The van der Waals surface area contributed by atoms with E-state index in [1.807, 2.05) is 17.2 Å². The van der Waals surface area contributed by atoms with Gasteiger partial charge in [-0.05, 0) is 29.8 Å². The first kappa shape index (κ1) is 17.9. The van der Waals surface area contributed by atoms with E-state index in [1.165, 1.54) is 5.56 Å². The van der Waals surface area contributed by atoms with Crippen LogP contribution >= 0.6 is 23.2 Å². The molecule has 1 aromatic carbocycles. The summed E-state index contributed by atoms with van der Waals surface area (Å²) < 4.78 is 0. The highest BCUT2D eigenvalue weighted by molar-refractivity contribution is 6.37. The lowest BCUT2D eigenvalue weighted by Gasteiger charge is -2.34. The van der Waals surface area contributed by atoms with E-state index >= 15 is 0 Å². The second-order valence-corrected chi connectivity index (χ2v) is 6.75. The summed E-state index contributed by atoms with van der Waals surface area (Å²) in [7, 11) is 0. The van der Waals surface area contributed by atoms with Crippen LogP contribution in [0.15, 0.2) is 48.8 Å². The molecule has 0 atom stereocenters. The highest BCUT2D eigenvalue weighted by atomic mass is 35.5. The molecule has 1 aromatic heterocycles. The normalized spacial score (nSPS) is 15.7. The summed E-state index contributed by atoms with van der Waals surface area (Å²) in [5, 5.41) is 1.08. The number of hydrogen-bond acceptors (Lipinski definition) is 3. The van der Waals surface area contributed by atoms with Gasteiger partial charge < -0.3 is 4.90 Å². The van der Waals surface area contributed by atoms with Gasteiger partial charge in [0.05, 0.1) is 0 Å². The minimum atomic E-state index is -0.0167. The van der Waals surface area contributed by atoms with Crippen molar-refractivity contribution in [2.75, 3.05) is 26.2 Å². The van der Waals surface area contributed by atoms with Gasteiger partial charge in [0, 0.05) is 66.8 Å². The van der Waals surface area contributed by atoms with E-state index in [1.54, 1.807) is 36.5 Å². The van der Waals surface area contributed by atoms with Gasteiger partial charge >= 0.3 is 0 Å². The Balaban J connectivity index is 1.54. The smallest absolute Gasteiger partial charge is 0.246 e. The van der Waals surface area contributed by atoms with Crippen LogP contribution in [-0.2, 0) is 11.3 Å². The fourth-order valence-corrected chi connectivity index (χ4v) is 3.33. The van der Waals surface area contributed by atoms with Crippen LogP contribution in [0.25, 0.3) is 6.08 Å². The fourth-order valence-electron chi connectivity index (χ4n) is 2.81. The molecule has 130 valence electrons. The van der Waals surface area contributed by atoms with Crippen LogP contribution in [0.3, 0.4) is 0 Å². The molecule has 1 saturated heterocycles. The lowest BCUT2D eigenvalue weighted by Crippen LogP contribution is -2.47. The first-order valence-corrected chi connectivity index (χ1v) is 8.91. The number of pyridine rings is 1. The Kier molecular flexibility index (Phi) is 6.08. The van der Waals surface area contributed by atoms with Gasteiger partial charge in [0.1, 0.15) is 0 Å². The number of amides is 1. The lowest BCUT2D eigenvalue weighted by molar-refractivity contribution is -0.127. The maximum absolute atomic E-state index is 12.4. The molecular formula is C19H19Cl2N3O. The zero-order chi connectivity index (χ0) is 17.6. The Morgan fingerprint density at radius 2 is 1.80 bits per heavy atom. The monoisotopic (exact) mass is 375 g/mol. The third-order valence-electron chi connectivity index (χ3n) is 4.21. The topological polar surface area (TPSA) is 36.4 Å². The molecule has 0 aliphatic carbocycles. The molecule has 2 heterocycles. The molecule has 1 aliphatic rings. The average Bonchev–Trinajstić information content (AvgIpc) is 2.62. The predicted molar refractivity (Wildman–Crippen MR) is 102 cm³/mol. The number of hydrogen-bond donors (Lipinski definition) is 0. The largest absolute Gasteiger partial charge is 0.337 e. The molecule has 1 fully saturated rings. The summed E-state index contributed by atoms with van der Waals surface area (Å²) in [6, 6.07) is 9.31. The molecule has 0 bridgehead atoms. The average molecular weight is 376 g/mol. The van der Waals surface area contributed by atoms with Crippen molar-refractivity contribution in [3.05, 3.63) is 70.0 Å². The zero-order valence-corrected chi connectivity index (χ0v) is 15.2. The van der Waals surface area contributed by atoms with Crippen molar-refractivity contribution < 1.29 is 4.79 Å². The van der Waals surface area contributed by atoms with E-state index in [9.17, 15) is 4.79 Å². The SMILES string of the molecule is O=C(/C=C/c1c(Cl)cccc1Cl)N1CCN(Cc2cccnc2)CC1. The summed E-state index contributed by atoms with van der Waals surface area (Å²) in [6.07, 6.45) is 6.89. The van der Waals surface area contributed by atoms with E-state index in [4.69, 9.17) is 23.2 Å². The summed E-state index contributed by atoms with van der Waals surface area (Å²) in [4.78, 5) is 20.7. The van der Waals surface area contributed by atoms with Gasteiger partial charge in [0.2, 0.25) is 5.91 Å². The van der Waals surface area contributed by atoms with Crippen LogP contribution in [0.2, 0.25) is 10.0 Å². The Morgan fingerprint density at radius 3 is 2.44 bits per heavy atom. The summed E-state index contributed by atoms with van der Waals surface area (Å²) in [6.45, 7) is 3.98. The molecule has 6 heteroatoms. The molecule has 0 spiro atoms. The lowest BCUT2D eigenvalue weighted by atomic mass is 10.2. The van der Waals surface area contributed by atoms with Crippen LogP contribution in [0.5, 0.6) is 0 Å². The van der Waals surface area contributed by atoms with Crippen LogP contribution < -0.4 is 0 Å². The Morgan fingerprint density at radius 1 is 1.08 bits per heavy atom. The molecule has 1 amide bonds. The van der Waals surface area contributed by atoms with E-state index < -0.39 is 0 Å². The summed E-state index contributed by atoms with van der Waals surface area (Å²) in [5.41, 5.74) is 1.87. The Bertz CT molecular complexity index is 736. The molecule has 0 saturated carbocycles. The highest BCUT2D eigenvalue weighted by Gasteiger charge is 2.19. The van der Waals surface area contributed by atoms with Crippen LogP contribution in [-0.4, -0.2) is 46.9 Å². The number of nitrogens with zero attached hydrogens (tertiary/aromatic N) is 3. The number of carbonyl (C=O) groups excluding carboxylic acids is 1. The molecule has 25 heavy (non-hydrogen) atoms. The van der Waals surface area contributed by atoms with Crippen molar-refractivity contribution >= 4 is 35.2 Å². The minimum absolute atomic E-state index is 0.0167. The standard InChI is InChI=1S/C19H19Cl2N3O/c20-17-4-1-5-18(21)16(17)6-7-19(25)24-11-9-23(10-12-24)14-15-3-2-8-22-13-15/h1-8,13H,9-12,14H2/b7-6+. The quantitative estimate of drug-likeness (QED) is 0.763. The molecular weight excluding hydrogens is 357 g/mol.